The van der Waals surface area contributed by atoms with Crippen molar-refractivity contribution < 1.29 is 0 Å². The molecule has 6 fully saturated rings. The lowest BCUT2D eigenvalue weighted by Gasteiger charge is -2.51. The summed E-state index contributed by atoms with van der Waals surface area (Å²) in [6, 6.07) is 0. The van der Waals surface area contributed by atoms with Crippen LogP contribution in [0.3, 0.4) is 0 Å². The molecule has 0 spiro atoms. The Hall–Kier alpha value is 1.28. The molecule has 6 saturated carbocycles. The second kappa shape index (κ2) is 5.92. The van der Waals surface area contributed by atoms with Crippen molar-refractivity contribution in [2.24, 2.45) is 10.8 Å². The van der Waals surface area contributed by atoms with Gasteiger partial charge in [-0.1, -0.05) is 21.6 Å². The van der Waals surface area contributed by atoms with Gasteiger partial charge >= 0.3 is 0 Å². The fraction of sp³-hybridized carbons (Fsp3) is 1.00. The van der Waals surface area contributed by atoms with Gasteiger partial charge in [0.05, 0.1) is 0 Å². The minimum Gasteiger partial charge on any atom is -0.119 e. The Morgan fingerprint density at radius 3 is 1.05 bits per heavy atom. The standard InChI is InChI=1S/C18H28Cl2S2/c19-17-7-1-15(2-8-17,3-9-17)13-21-22-14-16-4-10-18(20,11-5-16)12-6-16/h1-14H2. The minimum atomic E-state index is 0.191. The Morgan fingerprint density at radius 1 is 0.500 bits per heavy atom. The molecule has 126 valence electrons. The Bertz CT molecular complexity index is 348. The van der Waals surface area contributed by atoms with E-state index in [2.05, 4.69) is 21.6 Å². The highest BCUT2D eigenvalue weighted by molar-refractivity contribution is 8.76. The Morgan fingerprint density at radius 2 is 0.773 bits per heavy atom. The molecule has 4 bridgehead atoms. The molecule has 0 heterocycles. The van der Waals surface area contributed by atoms with Gasteiger partial charge in [0.15, 0.2) is 0 Å². The highest BCUT2D eigenvalue weighted by Gasteiger charge is 2.49. The van der Waals surface area contributed by atoms with E-state index >= 15 is 0 Å². The number of rotatable bonds is 5. The maximum atomic E-state index is 6.65. The Labute approximate surface area is 153 Å². The molecule has 0 N–H and O–H groups in total. The molecule has 0 radical (unpaired) electrons. The zero-order chi connectivity index (χ0) is 15.3. The summed E-state index contributed by atoms with van der Waals surface area (Å²) in [4.78, 5) is 0.382. The topological polar surface area (TPSA) is 0 Å². The van der Waals surface area contributed by atoms with Crippen molar-refractivity contribution in [1.29, 1.82) is 0 Å². The third-order valence-corrected chi connectivity index (χ3v) is 11.4. The van der Waals surface area contributed by atoms with Crippen LogP contribution < -0.4 is 0 Å². The fourth-order valence-corrected chi connectivity index (χ4v) is 9.30. The van der Waals surface area contributed by atoms with Gasteiger partial charge in [-0.3, -0.25) is 0 Å². The summed E-state index contributed by atoms with van der Waals surface area (Å²) in [6.45, 7) is 0. The van der Waals surface area contributed by atoms with Crippen molar-refractivity contribution >= 4 is 44.8 Å². The first-order valence-electron chi connectivity index (χ1n) is 9.07. The predicted octanol–water partition coefficient (Wildman–Crippen LogP) is 7.03. The third kappa shape index (κ3) is 3.20. The summed E-state index contributed by atoms with van der Waals surface area (Å²) in [6.07, 6.45) is 15.9. The van der Waals surface area contributed by atoms with Crippen molar-refractivity contribution in [3.8, 4) is 0 Å². The number of fused-ring (bicyclic) bond motifs is 6. The molecular weight excluding hydrogens is 351 g/mol. The van der Waals surface area contributed by atoms with Crippen molar-refractivity contribution in [1.82, 2.24) is 0 Å². The van der Waals surface area contributed by atoms with E-state index in [9.17, 15) is 0 Å². The SMILES string of the molecule is ClC12CCC(CSSCC34CCC(Cl)(CC3)CC4)(CC1)CC2. The molecule has 0 nitrogen and oxygen atoms in total. The molecule has 6 aliphatic rings. The van der Waals surface area contributed by atoms with Gasteiger partial charge in [-0.2, -0.15) is 0 Å². The maximum absolute atomic E-state index is 6.65. The van der Waals surface area contributed by atoms with Crippen LogP contribution in [0.2, 0.25) is 0 Å². The zero-order valence-electron chi connectivity index (χ0n) is 13.5. The number of alkyl halides is 2. The third-order valence-electron chi connectivity index (χ3n) is 7.43. The lowest BCUT2D eigenvalue weighted by atomic mass is 9.61. The van der Waals surface area contributed by atoms with E-state index in [1.54, 1.807) is 0 Å². The molecule has 0 aromatic heterocycles. The smallest absolute Gasteiger partial charge is 0.0447 e. The molecule has 22 heavy (non-hydrogen) atoms. The number of hydrogen-bond donors (Lipinski definition) is 0. The Kier molecular flexibility index (Phi) is 4.50. The van der Waals surface area contributed by atoms with Gasteiger partial charge in [-0.15, -0.1) is 23.2 Å². The summed E-state index contributed by atoms with van der Waals surface area (Å²) in [5, 5.41) is 0. The molecule has 0 aliphatic heterocycles. The van der Waals surface area contributed by atoms with Crippen LogP contribution in [-0.4, -0.2) is 21.3 Å². The molecule has 6 aliphatic carbocycles. The summed E-state index contributed by atoms with van der Waals surface area (Å²) in [7, 11) is 4.34. The highest BCUT2D eigenvalue weighted by Crippen LogP contribution is 2.59. The van der Waals surface area contributed by atoms with Crippen LogP contribution in [0.25, 0.3) is 0 Å². The van der Waals surface area contributed by atoms with E-state index in [4.69, 9.17) is 23.2 Å². The normalized spacial score (nSPS) is 50.5. The van der Waals surface area contributed by atoms with Gasteiger partial charge in [-0.05, 0) is 87.9 Å². The van der Waals surface area contributed by atoms with Crippen LogP contribution in [0.15, 0.2) is 0 Å². The van der Waals surface area contributed by atoms with E-state index in [0.29, 0.717) is 10.8 Å². The fourth-order valence-electron chi connectivity index (χ4n) is 5.20. The molecule has 0 aromatic carbocycles. The van der Waals surface area contributed by atoms with E-state index in [0.717, 1.165) is 0 Å². The summed E-state index contributed by atoms with van der Waals surface area (Å²) >= 11 is 13.3. The average Bonchev–Trinajstić information content (AvgIpc) is 2.55. The van der Waals surface area contributed by atoms with Crippen LogP contribution >= 0.6 is 44.8 Å². The van der Waals surface area contributed by atoms with E-state index in [1.807, 2.05) is 0 Å². The molecule has 0 atom stereocenters. The average molecular weight is 379 g/mol. The zero-order valence-corrected chi connectivity index (χ0v) is 16.6. The Balaban J connectivity index is 1.23. The van der Waals surface area contributed by atoms with Crippen LogP contribution in [0.1, 0.15) is 77.0 Å². The van der Waals surface area contributed by atoms with Crippen LogP contribution in [0.5, 0.6) is 0 Å². The maximum Gasteiger partial charge on any atom is 0.0447 e. The predicted molar refractivity (Wildman–Crippen MR) is 102 cm³/mol. The lowest BCUT2D eigenvalue weighted by Crippen LogP contribution is -2.44. The summed E-state index contributed by atoms with van der Waals surface area (Å²) in [5.74, 6) is 2.72. The first-order chi connectivity index (χ1) is 10.4. The van der Waals surface area contributed by atoms with Gasteiger partial charge in [0.1, 0.15) is 0 Å². The first-order valence-corrected chi connectivity index (χ1v) is 12.3. The lowest BCUT2D eigenvalue weighted by molar-refractivity contribution is 0.103. The second-order valence-electron chi connectivity index (χ2n) is 8.83. The van der Waals surface area contributed by atoms with Gasteiger partial charge in [-0.25, -0.2) is 0 Å². The van der Waals surface area contributed by atoms with Crippen LogP contribution in [0.4, 0.5) is 0 Å². The largest absolute Gasteiger partial charge is 0.119 e. The van der Waals surface area contributed by atoms with Gasteiger partial charge in [0.2, 0.25) is 0 Å². The number of hydrogen-bond acceptors (Lipinski definition) is 2. The quantitative estimate of drug-likeness (QED) is 0.286. The van der Waals surface area contributed by atoms with Crippen molar-refractivity contribution in [3.05, 3.63) is 0 Å². The van der Waals surface area contributed by atoms with Gasteiger partial charge in [0.25, 0.3) is 0 Å². The van der Waals surface area contributed by atoms with Gasteiger partial charge < -0.3 is 0 Å². The number of halogens is 2. The molecule has 4 heteroatoms. The highest BCUT2D eigenvalue weighted by atomic mass is 35.5. The van der Waals surface area contributed by atoms with Crippen molar-refractivity contribution in [3.63, 3.8) is 0 Å². The van der Waals surface area contributed by atoms with E-state index in [1.165, 1.54) is 88.6 Å². The molecule has 0 amide bonds. The van der Waals surface area contributed by atoms with E-state index in [-0.39, 0.29) is 9.75 Å². The summed E-state index contributed by atoms with van der Waals surface area (Å²) in [5.41, 5.74) is 1.27. The van der Waals surface area contributed by atoms with Gasteiger partial charge in [0, 0.05) is 21.3 Å². The minimum absolute atomic E-state index is 0.191. The molecular formula is C18H28Cl2S2. The van der Waals surface area contributed by atoms with Crippen molar-refractivity contribution in [2.75, 3.05) is 11.5 Å². The first kappa shape index (κ1) is 16.7. The molecule has 0 saturated heterocycles. The molecule has 0 aromatic rings. The second-order valence-corrected chi connectivity index (χ2v) is 12.9. The summed E-state index contributed by atoms with van der Waals surface area (Å²) < 4.78 is 0. The van der Waals surface area contributed by atoms with Crippen LogP contribution in [-0.2, 0) is 0 Å². The van der Waals surface area contributed by atoms with Crippen molar-refractivity contribution in [2.45, 2.75) is 86.8 Å². The molecule has 0 unspecified atom stereocenters. The van der Waals surface area contributed by atoms with E-state index < -0.39 is 0 Å². The monoisotopic (exact) mass is 378 g/mol. The molecule has 6 rings (SSSR count). The van der Waals surface area contributed by atoms with Crippen LogP contribution in [0, 0.1) is 10.8 Å².